The SMILES string of the molecule is Cc1cc([C@@H]2[C@H](c3ccccn3)NC(=S)N2c2ccc(Sc3ccc([N+](=O)[O-])cc3)cc2)c(C)n1-c1ccc(Br)cc1. The van der Waals surface area contributed by atoms with Gasteiger partial charge in [-0.3, -0.25) is 15.1 Å². The zero-order valence-corrected chi connectivity index (χ0v) is 26.0. The topological polar surface area (TPSA) is 76.2 Å². The summed E-state index contributed by atoms with van der Waals surface area (Å²) in [6.45, 7) is 4.28. The Hall–Kier alpha value is -3.99. The molecule has 1 aliphatic heterocycles. The number of aryl methyl sites for hydroxylation is 1. The molecule has 6 rings (SSSR count). The number of pyridine rings is 1. The lowest BCUT2D eigenvalue weighted by atomic mass is 9.96. The van der Waals surface area contributed by atoms with Gasteiger partial charge in [0.05, 0.1) is 22.7 Å². The van der Waals surface area contributed by atoms with Crippen LogP contribution in [0.4, 0.5) is 11.4 Å². The Morgan fingerprint density at radius 3 is 2.19 bits per heavy atom. The predicted octanol–water partition coefficient (Wildman–Crippen LogP) is 8.49. The molecule has 0 saturated carbocycles. The number of nitrogens with one attached hydrogen (secondary N) is 1. The highest BCUT2D eigenvalue weighted by Gasteiger charge is 2.42. The zero-order valence-electron chi connectivity index (χ0n) is 22.8. The standard InChI is InChI=1S/C32H26BrN5O2S2/c1-20-19-28(21(2)36(20)23-8-6-22(33)7-9-23)31-30(29-5-3-4-18-34-29)35-32(41)37(31)24-10-14-26(15-11-24)42-27-16-12-25(13-17-27)38(39)40/h3-19,30-31H,1-2H3,(H,35,41)/t30-,31+/m0/s1. The fourth-order valence-electron chi connectivity index (χ4n) is 5.47. The Labute approximate surface area is 261 Å². The molecule has 5 aromatic rings. The van der Waals surface area contributed by atoms with E-state index >= 15 is 0 Å². The molecular weight excluding hydrogens is 630 g/mol. The first-order chi connectivity index (χ1) is 20.3. The van der Waals surface area contributed by atoms with Gasteiger partial charge in [0.2, 0.25) is 0 Å². The van der Waals surface area contributed by atoms with Gasteiger partial charge >= 0.3 is 0 Å². The monoisotopic (exact) mass is 655 g/mol. The zero-order chi connectivity index (χ0) is 29.4. The number of thiocarbonyl (C=S) groups is 1. The Kier molecular flexibility index (Phi) is 7.85. The molecule has 0 spiro atoms. The van der Waals surface area contributed by atoms with Gasteiger partial charge in [-0.25, -0.2) is 0 Å². The molecule has 3 aromatic carbocycles. The predicted molar refractivity (Wildman–Crippen MR) is 175 cm³/mol. The van der Waals surface area contributed by atoms with Gasteiger partial charge in [0.15, 0.2) is 5.11 Å². The van der Waals surface area contributed by atoms with Crippen molar-refractivity contribution < 1.29 is 4.92 Å². The second-order valence-corrected chi connectivity index (χ2v) is 12.4. The fourth-order valence-corrected chi connectivity index (χ4v) is 6.90. The Bertz CT molecular complexity index is 1760. The minimum Gasteiger partial charge on any atom is -0.351 e. The van der Waals surface area contributed by atoms with Crippen LogP contribution in [0.3, 0.4) is 0 Å². The Balaban J connectivity index is 1.37. The third-order valence-electron chi connectivity index (χ3n) is 7.37. The molecule has 2 aromatic heterocycles. The molecule has 1 fully saturated rings. The summed E-state index contributed by atoms with van der Waals surface area (Å²) in [5, 5.41) is 15.2. The number of hydrogen-bond acceptors (Lipinski definition) is 5. The van der Waals surface area contributed by atoms with E-state index in [4.69, 9.17) is 17.2 Å². The van der Waals surface area contributed by atoms with Crippen LogP contribution in [0.1, 0.15) is 34.7 Å². The van der Waals surface area contributed by atoms with Crippen LogP contribution < -0.4 is 10.2 Å². The maximum atomic E-state index is 11.0. The van der Waals surface area contributed by atoms with Gasteiger partial charge in [-0.2, -0.15) is 0 Å². The average molecular weight is 657 g/mol. The summed E-state index contributed by atoms with van der Waals surface area (Å²) in [6, 6.07) is 31.1. The van der Waals surface area contributed by atoms with Gasteiger partial charge in [0, 0.05) is 55.4 Å². The summed E-state index contributed by atoms with van der Waals surface area (Å²) in [7, 11) is 0. The highest BCUT2D eigenvalue weighted by atomic mass is 79.9. The second kappa shape index (κ2) is 11.7. The van der Waals surface area contributed by atoms with Crippen molar-refractivity contribution >= 4 is 56.4 Å². The van der Waals surface area contributed by atoms with Crippen LogP contribution >= 0.6 is 39.9 Å². The number of nitro benzene ring substituents is 1. The van der Waals surface area contributed by atoms with Crippen molar-refractivity contribution in [2.45, 2.75) is 35.7 Å². The highest BCUT2D eigenvalue weighted by molar-refractivity contribution is 9.10. The highest BCUT2D eigenvalue weighted by Crippen LogP contribution is 2.44. The van der Waals surface area contributed by atoms with Crippen molar-refractivity contribution in [1.29, 1.82) is 0 Å². The second-order valence-electron chi connectivity index (χ2n) is 9.98. The quantitative estimate of drug-likeness (QED) is 0.107. The molecule has 0 radical (unpaired) electrons. The number of non-ortho nitro benzene ring substituents is 1. The van der Waals surface area contributed by atoms with E-state index in [1.165, 1.54) is 17.7 Å². The van der Waals surface area contributed by atoms with Gasteiger partial charge in [0.25, 0.3) is 5.69 Å². The van der Waals surface area contributed by atoms with Gasteiger partial charge in [-0.1, -0.05) is 33.8 Å². The van der Waals surface area contributed by atoms with Crippen LogP contribution in [0.2, 0.25) is 0 Å². The number of hydrogen-bond donors (Lipinski definition) is 1. The van der Waals surface area contributed by atoms with Crippen molar-refractivity contribution in [2.24, 2.45) is 0 Å². The van der Waals surface area contributed by atoms with Crippen LogP contribution in [0, 0.1) is 24.0 Å². The van der Waals surface area contributed by atoms with E-state index in [0.29, 0.717) is 5.11 Å². The summed E-state index contributed by atoms with van der Waals surface area (Å²) in [6.07, 6.45) is 1.81. The van der Waals surface area contributed by atoms with E-state index in [2.05, 4.69) is 99.2 Å². The summed E-state index contributed by atoms with van der Waals surface area (Å²) in [4.78, 5) is 19.4. The van der Waals surface area contributed by atoms with E-state index < -0.39 is 0 Å². The first-order valence-electron chi connectivity index (χ1n) is 13.3. The van der Waals surface area contributed by atoms with Gasteiger partial charge in [-0.05, 0) is 110 Å². The fraction of sp³-hybridized carbons (Fsp3) is 0.125. The normalized spacial score (nSPS) is 16.5. The first kappa shape index (κ1) is 28.1. The Morgan fingerprint density at radius 1 is 0.929 bits per heavy atom. The Morgan fingerprint density at radius 2 is 1.57 bits per heavy atom. The average Bonchev–Trinajstić information content (AvgIpc) is 3.49. The van der Waals surface area contributed by atoms with E-state index in [9.17, 15) is 10.1 Å². The van der Waals surface area contributed by atoms with Crippen LogP contribution in [-0.2, 0) is 0 Å². The number of rotatable bonds is 7. The maximum absolute atomic E-state index is 11.0. The molecule has 10 heteroatoms. The summed E-state index contributed by atoms with van der Waals surface area (Å²) in [5.41, 5.74) is 6.52. The number of nitro groups is 1. The van der Waals surface area contributed by atoms with Gasteiger partial charge in [0.1, 0.15) is 0 Å². The molecule has 7 nitrogen and oxygen atoms in total. The number of nitrogens with zero attached hydrogens (tertiary/aromatic N) is 4. The molecule has 0 aliphatic carbocycles. The molecule has 0 bridgehead atoms. The minimum absolute atomic E-state index is 0.0812. The van der Waals surface area contributed by atoms with Crippen LogP contribution in [0.5, 0.6) is 0 Å². The third kappa shape index (κ3) is 5.45. The molecule has 210 valence electrons. The van der Waals surface area contributed by atoms with Crippen molar-refractivity contribution in [2.75, 3.05) is 4.90 Å². The van der Waals surface area contributed by atoms with Crippen LogP contribution in [-0.4, -0.2) is 19.6 Å². The molecule has 1 N–H and O–H groups in total. The summed E-state index contributed by atoms with van der Waals surface area (Å²) < 4.78 is 3.32. The number of anilines is 1. The molecule has 0 unspecified atom stereocenters. The van der Waals surface area contributed by atoms with Crippen molar-refractivity contribution in [3.05, 3.63) is 140 Å². The lowest BCUT2D eigenvalue weighted by Gasteiger charge is -2.28. The molecule has 0 amide bonds. The maximum Gasteiger partial charge on any atom is 0.269 e. The van der Waals surface area contributed by atoms with Crippen LogP contribution in [0.25, 0.3) is 5.69 Å². The molecule has 3 heterocycles. The van der Waals surface area contributed by atoms with Crippen molar-refractivity contribution in [3.8, 4) is 5.69 Å². The molecule has 42 heavy (non-hydrogen) atoms. The van der Waals surface area contributed by atoms with Gasteiger partial charge in [-0.15, -0.1) is 0 Å². The minimum atomic E-state index is -0.388. The van der Waals surface area contributed by atoms with E-state index in [0.717, 1.165) is 42.7 Å². The van der Waals surface area contributed by atoms with E-state index in [1.54, 1.807) is 23.9 Å². The van der Waals surface area contributed by atoms with Gasteiger partial charge < -0.3 is 14.8 Å². The van der Waals surface area contributed by atoms with Crippen molar-refractivity contribution in [3.63, 3.8) is 0 Å². The third-order valence-corrected chi connectivity index (χ3v) is 9.23. The smallest absolute Gasteiger partial charge is 0.269 e. The lowest BCUT2D eigenvalue weighted by molar-refractivity contribution is -0.384. The number of halogens is 1. The number of aromatic nitrogens is 2. The summed E-state index contributed by atoms with van der Waals surface area (Å²) >= 11 is 11.1. The summed E-state index contributed by atoms with van der Waals surface area (Å²) in [5.74, 6) is 0. The largest absolute Gasteiger partial charge is 0.351 e. The van der Waals surface area contributed by atoms with E-state index in [1.807, 2.05) is 24.4 Å². The molecule has 2 atom stereocenters. The molecule has 1 saturated heterocycles. The molecular formula is C32H26BrN5O2S2. The number of benzene rings is 3. The molecule has 1 aliphatic rings. The lowest BCUT2D eigenvalue weighted by Crippen LogP contribution is -2.29. The van der Waals surface area contributed by atoms with Crippen LogP contribution in [0.15, 0.2) is 118 Å². The first-order valence-corrected chi connectivity index (χ1v) is 15.3. The van der Waals surface area contributed by atoms with E-state index in [-0.39, 0.29) is 22.7 Å². The van der Waals surface area contributed by atoms with Crippen molar-refractivity contribution in [1.82, 2.24) is 14.9 Å².